The van der Waals surface area contributed by atoms with Crippen molar-refractivity contribution in [3.8, 4) is 0 Å². The molecule has 0 fully saturated rings. The Bertz CT molecular complexity index is 376. The maximum absolute atomic E-state index is 11.2. The highest BCUT2D eigenvalue weighted by atomic mass is 16.3. The SMILES string of the molecule is Cc1cc(C)c(CCNC(=O)CCO)c(C)c1. The van der Waals surface area contributed by atoms with Crippen LogP contribution < -0.4 is 5.32 Å². The Morgan fingerprint density at radius 2 is 1.82 bits per heavy atom. The van der Waals surface area contributed by atoms with E-state index in [-0.39, 0.29) is 18.9 Å². The van der Waals surface area contributed by atoms with Crippen molar-refractivity contribution in [2.75, 3.05) is 13.2 Å². The molecular weight excluding hydrogens is 214 g/mol. The van der Waals surface area contributed by atoms with Crippen molar-refractivity contribution in [1.82, 2.24) is 5.32 Å². The Morgan fingerprint density at radius 1 is 1.24 bits per heavy atom. The fourth-order valence-electron chi connectivity index (χ4n) is 2.12. The van der Waals surface area contributed by atoms with Crippen LogP contribution in [0.15, 0.2) is 12.1 Å². The molecule has 0 aliphatic rings. The van der Waals surface area contributed by atoms with Gasteiger partial charge in [0.15, 0.2) is 0 Å². The van der Waals surface area contributed by atoms with Crippen LogP contribution in [0.25, 0.3) is 0 Å². The number of amides is 1. The molecule has 0 aromatic heterocycles. The average molecular weight is 235 g/mol. The third-order valence-electron chi connectivity index (χ3n) is 2.88. The molecule has 3 heteroatoms. The topological polar surface area (TPSA) is 49.3 Å². The molecule has 94 valence electrons. The number of aryl methyl sites for hydroxylation is 3. The Morgan fingerprint density at radius 3 is 2.35 bits per heavy atom. The van der Waals surface area contributed by atoms with E-state index in [1.54, 1.807) is 0 Å². The molecule has 1 rings (SSSR count). The molecule has 0 unspecified atom stereocenters. The van der Waals surface area contributed by atoms with Crippen LogP contribution in [0.1, 0.15) is 28.7 Å². The molecule has 2 N–H and O–H groups in total. The molecule has 0 saturated carbocycles. The normalized spacial score (nSPS) is 10.4. The van der Waals surface area contributed by atoms with Crippen molar-refractivity contribution in [1.29, 1.82) is 0 Å². The zero-order valence-electron chi connectivity index (χ0n) is 10.8. The third kappa shape index (κ3) is 4.19. The maximum Gasteiger partial charge on any atom is 0.222 e. The second-order valence-corrected chi connectivity index (χ2v) is 4.45. The molecule has 0 heterocycles. The molecule has 0 atom stereocenters. The van der Waals surface area contributed by atoms with Crippen LogP contribution >= 0.6 is 0 Å². The third-order valence-corrected chi connectivity index (χ3v) is 2.88. The summed E-state index contributed by atoms with van der Waals surface area (Å²) < 4.78 is 0. The Labute approximate surface area is 103 Å². The van der Waals surface area contributed by atoms with Crippen LogP contribution in [-0.2, 0) is 11.2 Å². The van der Waals surface area contributed by atoms with E-state index in [4.69, 9.17) is 5.11 Å². The monoisotopic (exact) mass is 235 g/mol. The summed E-state index contributed by atoms with van der Waals surface area (Å²) in [6.07, 6.45) is 1.03. The fourth-order valence-corrected chi connectivity index (χ4v) is 2.12. The molecule has 0 bridgehead atoms. The van der Waals surface area contributed by atoms with Crippen molar-refractivity contribution in [3.63, 3.8) is 0 Å². The number of hydrogen-bond donors (Lipinski definition) is 2. The summed E-state index contributed by atoms with van der Waals surface area (Å²) >= 11 is 0. The van der Waals surface area contributed by atoms with Gasteiger partial charge < -0.3 is 10.4 Å². The first-order valence-electron chi connectivity index (χ1n) is 5.99. The predicted octanol–water partition coefficient (Wildman–Crippen LogP) is 1.65. The van der Waals surface area contributed by atoms with E-state index in [0.717, 1.165) is 6.42 Å². The zero-order chi connectivity index (χ0) is 12.8. The number of nitrogens with one attached hydrogen (secondary N) is 1. The minimum Gasteiger partial charge on any atom is -0.396 e. The van der Waals surface area contributed by atoms with Crippen LogP contribution in [0.5, 0.6) is 0 Å². The highest BCUT2D eigenvalue weighted by molar-refractivity contribution is 5.75. The van der Waals surface area contributed by atoms with E-state index in [2.05, 4.69) is 38.2 Å². The van der Waals surface area contributed by atoms with Gasteiger partial charge in [0.2, 0.25) is 5.91 Å². The zero-order valence-corrected chi connectivity index (χ0v) is 10.8. The first-order valence-corrected chi connectivity index (χ1v) is 5.99. The summed E-state index contributed by atoms with van der Waals surface area (Å²) in [6.45, 7) is 6.83. The maximum atomic E-state index is 11.2. The summed E-state index contributed by atoms with van der Waals surface area (Å²) in [7, 11) is 0. The Kier molecular flexibility index (Phi) is 5.16. The van der Waals surface area contributed by atoms with E-state index in [0.29, 0.717) is 6.54 Å². The van der Waals surface area contributed by atoms with Gasteiger partial charge in [-0.1, -0.05) is 17.7 Å². The summed E-state index contributed by atoms with van der Waals surface area (Å²) in [4.78, 5) is 11.2. The van der Waals surface area contributed by atoms with Crippen LogP contribution in [-0.4, -0.2) is 24.2 Å². The minimum absolute atomic E-state index is 0.0880. The molecule has 0 aliphatic heterocycles. The van der Waals surface area contributed by atoms with Crippen LogP contribution in [0.4, 0.5) is 0 Å². The van der Waals surface area contributed by atoms with Gasteiger partial charge in [-0.25, -0.2) is 0 Å². The Balaban J connectivity index is 2.55. The van der Waals surface area contributed by atoms with E-state index in [1.165, 1.54) is 22.3 Å². The molecule has 3 nitrogen and oxygen atoms in total. The molecule has 1 aromatic rings. The van der Waals surface area contributed by atoms with Crippen LogP contribution in [0, 0.1) is 20.8 Å². The van der Waals surface area contributed by atoms with E-state index in [1.807, 2.05) is 0 Å². The molecule has 0 aliphatic carbocycles. The van der Waals surface area contributed by atoms with E-state index in [9.17, 15) is 4.79 Å². The van der Waals surface area contributed by atoms with E-state index >= 15 is 0 Å². The highest BCUT2D eigenvalue weighted by Crippen LogP contribution is 2.16. The van der Waals surface area contributed by atoms with Crippen LogP contribution in [0.3, 0.4) is 0 Å². The quantitative estimate of drug-likeness (QED) is 0.815. The van der Waals surface area contributed by atoms with Crippen molar-refractivity contribution in [2.45, 2.75) is 33.6 Å². The van der Waals surface area contributed by atoms with Gasteiger partial charge in [0.1, 0.15) is 0 Å². The summed E-state index contributed by atoms with van der Waals surface area (Å²) in [6, 6.07) is 4.33. The van der Waals surface area contributed by atoms with E-state index < -0.39 is 0 Å². The molecule has 0 saturated heterocycles. The summed E-state index contributed by atoms with van der Waals surface area (Å²) in [5.74, 6) is -0.0880. The second-order valence-electron chi connectivity index (χ2n) is 4.45. The van der Waals surface area contributed by atoms with Crippen molar-refractivity contribution >= 4 is 5.91 Å². The molecule has 0 radical (unpaired) electrons. The van der Waals surface area contributed by atoms with Crippen molar-refractivity contribution in [3.05, 3.63) is 34.4 Å². The van der Waals surface area contributed by atoms with Gasteiger partial charge in [-0.3, -0.25) is 4.79 Å². The Hall–Kier alpha value is -1.35. The molecule has 0 spiro atoms. The number of aliphatic hydroxyl groups is 1. The lowest BCUT2D eigenvalue weighted by Crippen LogP contribution is -2.26. The largest absolute Gasteiger partial charge is 0.396 e. The average Bonchev–Trinajstić information content (AvgIpc) is 2.22. The van der Waals surface area contributed by atoms with Gasteiger partial charge in [0, 0.05) is 13.0 Å². The number of carbonyl (C=O) groups is 1. The molecule has 1 aromatic carbocycles. The van der Waals surface area contributed by atoms with Crippen molar-refractivity contribution in [2.24, 2.45) is 0 Å². The van der Waals surface area contributed by atoms with Gasteiger partial charge in [0.05, 0.1) is 6.61 Å². The van der Waals surface area contributed by atoms with Gasteiger partial charge >= 0.3 is 0 Å². The highest BCUT2D eigenvalue weighted by Gasteiger charge is 2.05. The second kappa shape index (κ2) is 6.40. The van der Waals surface area contributed by atoms with Gasteiger partial charge in [-0.2, -0.15) is 0 Å². The lowest BCUT2D eigenvalue weighted by atomic mass is 9.97. The van der Waals surface area contributed by atoms with Gasteiger partial charge in [-0.15, -0.1) is 0 Å². The molecular formula is C14H21NO2. The fraction of sp³-hybridized carbons (Fsp3) is 0.500. The lowest BCUT2D eigenvalue weighted by Gasteiger charge is -2.11. The lowest BCUT2D eigenvalue weighted by molar-refractivity contribution is -0.121. The standard InChI is InChI=1S/C14H21NO2/c1-10-8-11(2)13(12(3)9-10)4-6-15-14(17)5-7-16/h8-9,16H,4-7H2,1-3H3,(H,15,17). The van der Waals surface area contributed by atoms with Crippen molar-refractivity contribution < 1.29 is 9.90 Å². The summed E-state index contributed by atoms with van der Waals surface area (Å²) in [5.41, 5.74) is 5.13. The minimum atomic E-state index is -0.0889. The first kappa shape index (κ1) is 13.7. The van der Waals surface area contributed by atoms with Gasteiger partial charge in [-0.05, 0) is 43.9 Å². The number of carbonyl (C=O) groups excluding carboxylic acids is 1. The number of hydrogen-bond acceptors (Lipinski definition) is 2. The first-order chi connectivity index (χ1) is 8.04. The predicted molar refractivity (Wildman–Crippen MR) is 69.1 cm³/mol. The number of benzene rings is 1. The van der Waals surface area contributed by atoms with Gasteiger partial charge in [0.25, 0.3) is 0 Å². The molecule has 17 heavy (non-hydrogen) atoms. The number of aliphatic hydroxyl groups excluding tert-OH is 1. The van der Waals surface area contributed by atoms with Crippen LogP contribution in [0.2, 0.25) is 0 Å². The summed E-state index contributed by atoms with van der Waals surface area (Å²) in [5, 5.41) is 11.4. The number of rotatable bonds is 5. The molecule has 1 amide bonds. The smallest absolute Gasteiger partial charge is 0.222 e.